The van der Waals surface area contributed by atoms with E-state index in [9.17, 15) is 18.6 Å². The number of nitrogens with zero attached hydrogens (tertiary/aromatic N) is 1. The third kappa shape index (κ3) is 5.95. The summed E-state index contributed by atoms with van der Waals surface area (Å²) in [5.74, 6) is -2.27. The van der Waals surface area contributed by atoms with Crippen LogP contribution in [0.4, 0.5) is 0 Å². The number of ether oxygens (including phenoxy) is 1. The second-order valence-electron chi connectivity index (χ2n) is 7.19. The molecule has 1 atom stereocenters. The Morgan fingerprint density at radius 3 is 2.47 bits per heavy atom. The number of nitrogens with one attached hydrogen (secondary N) is 1. The van der Waals surface area contributed by atoms with Crippen LogP contribution >= 0.6 is 0 Å². The van der Waals surface area contributed by atoms with Crippen LogP contribution in [0, 0.1) is 5.92 Å². The van der Waals surface area contributed by atoms with Crippen LogP contribution in [0.1, 0.15) is 31.4 Å². The number of aromatic nitrogens is 1. The molecule has 1 N–H and O–H groups in total. The maximum atomic E-state index is 12.6. The van der Waals surface area contributed by atoms with Gasteiger partial charge in [0, 0.05) is 64.7 Å². The van der Waals surface area contributed by atoms with Crippen LogP contribution in [0.2, 0.25) is 0 Å². The van der Waals surface area contributed by atoms with E-state index in [4.69, 9.17) is 9.57 Å². The van der Waals surface area contributed by atoms with Crippen LogP contribution in [0.25, 0.3) is 0 Å². The van der Waals surface area contributed by atoms with Crippen LogP contribution in [-0.4, -0.2) is 39.4 Å². The fourth-order valence-corrected chi connectivity index (χ4v) is 3.90. The molecule has 1 heterocycles. The van der Waals surface area contributed by atoms with Crippen LogP contribution in [0.15, 0.2) is 59.6 Å². The third-order valence-electron chi connectivity index (χ3n) is 4.91. The molecule has 1 aliphatic rings. The first-order valence-electron chi connectivity index (χ1n) is 10.1. The Morgan fingerprint density at radius 2 is 1.84 bits per heavy atom. The van der Waals surface area contributed by atoms with Gasteiger partial charge in [-0.2, -0.15) is 0 Å². The Kier molecular flexibility index (Phi) is 8.02. The molecule has 168 valence electrons. The SMILES string of the molecule is CCONC=CC(=O)C1C(=O)CC(c2cccc(Oc3ccc(S(C)=O)cc3)n2)CC1=O. The van der Waals surface area contributed by atoms with Crippen molar-refractivity contribution < 1.29 is 28.2 Å². The van der Waals surface area contributed by atoms with Gasteiger partial charge in [0.1, 0.15) is 11.7 Å². The smallest absolute Gasteiger partial charge is 0.219 e. The van der Waals surface area contributed by atoms with Crippen LogP contribution < -0.4 is 10.2 Å². The van der Waals surface area contributed by atoms with Crippen LogP contribution in [-0.2, 0) is 30.0 Å². The van der Waals surface area contributed by atoms with Crippen molar-refractivity contribution in [2.45, 2.75) is 30.6 Å². The summed E-state index contributed by atoms with van der Waals surface area (Å²) in [6.07, 6.45) is 4.10. The molecule has 0 amide bonds. The Hall–Kier alpha value is -3.17. The number of pyridine rings is 1. The number of carbonyl (C=O) groups is 3. The largest absolute Gasteiger partial charge is 0.439 e. The average Bonchev–Trinajstić information content (AvgIpc) is 2.77. The van der Waals surface area contributed by atoms with E-state index in [1.165, 1.54) is 6.20 Å². The molecule has 0 aliphatic heterocycles. The molecule has 1 aromatic heterocycles. The van der Waals surface area contributed by atoms with Crippen molar-refractivity contribution in [3.8, 4) is 11.6 Å². The van der Waals surface area contributed by atoms with Crippen molar-refractivity contribution in [1.29, 1.82) is 0 Å². The first-order chi connectivity index (χ1) is 15.4. The van der Waals surface area contributed by atoms with E-state index in [2.05, 4.69) is 10.5 Å². The summed E-state index contributed by atoms with van der Waals surface area (Å²) in [4.78, 5) is 47.4. The highest BCUT2D eigenvalue weighted by Crippen LogP contribution is 2.32. The maximum absolute atomic E-state index is 12.6. The highest BCUT2D eigenvalue weighted by molar-refractivity contribution is 7.84. The molecular formula is C23H24N2O6S. The van der Waals surface area contributed by atoms with E-state index in [-0.39, 0.29) is 12.8 Å². The van der Waals surface area contributed by atoms with Crippen LogP contribution in [0.5, 0.6) is 11.6 Å². The predicted octanol–water partition coefficient (Wildman–Crippen LogP) is 2.87. The van der Waals surface area contributed by atoms with E-state index in [0.29, 0.717) is 28.8 Å². The lowest BCUT2D eigenvalue weighted by atomic mass is 9.76. The number of hydrogen-bond donors (Lipinski definition) is 1. The first kappa shape index (κ1) is 23.5. The number of rotatable bonds is 9. The average molecular weight is 457 g/mol. The lowest BCUT2D eigenvalue weighted by molar-refractivity contribution is -0.141. The summed E-state index contributed by atoms with van der Waals surface area (Å²) in [6, 6.07) is 12.0. The second kappa shape index (κ2) is 10.9. The maximum Gasteiger partial charge on any atom is 0.219 e. The number of carbonyl (C=O) groups excluding carboxylic acids is 3. The van der Waals surface area contributed by atoms with E-state index >= 15 is 0 Å². The van der Waals surface area contributed by atoms with Crippen molar-refractivity contribution in [3.63, 3.8) is 0 Å². The molecule has 8 nitrogen and oxygen atoms in total. The standard InChI is InChI=1S/C23H24N2O6S/c1-3-30-24-12-11-19(26)23-20(27)13-15(14-21(23)28)18-5-4-6-22(25-18)31-16-7-9-17(10-8-16)32(2)29/h4-12,15,23-24H,3,13-14H2,1-2H3. The van der Waals surface area contributed by atoms with E-state index < -0.39 is 40.0 Å². The van der Waals surface area contributed by atoms with E-state index in [0.717, 1.165) is 6.08 Å². The van der Waals surface area contributed by atoms with Gasteiger partial charge in [-0.25, -0.2) is 4.98 Å². The minimum Gasteiger partial charge on any atom is -0.439 e. The van der Waals surface area contributed by atoms with Gasteiger partial charge in [-0.1, -0.05) is 6.07 Å². The summed E-state index contributed by atoms with van der Waals surface area (Å²) in [5.41, 5.74) is 2.99. The quantitative estimate of drug-likeness (QED) is 0.265. The Morgan fingerprint density at radius 1 is 1.16 bits per heavy atom. The normalized spacial score (nSPS) is 19.7. The minimum atomic E-state index is -1.28. The zero-order valence-corrected chi connectivity index (χ0v) is 18.6. The fraction of sp³-hybridized carbons (Fsp3) is 0.304. The lowest BCUT2D eigenvalue weighted by Gasteiger charge is -2.24. The van der Waals surface area contributed by atoms with Crippen molar-refractivity contribution in [2.75, 3.05) is 12.9 Å². The van der Waals surface area contributed by atoms with Crippen molar-refractivity contribution in [2.24, 2.45) is 5.92 Å². The molecule has 1 aromatic carbocycles. The molecule has 1 fully saturated rings. The summed E-state index contributed by atoms with van der Waals surface area (Å²) < 4.78 is 17.3. The van der Waals surface area contributed by atoms with Gasteiger partial charge in [0.25, 0.3) is 0 Å². The lowest BCUT2D eigenvalue weighted by Crippen LogP contribution is -2.37. The minimum absolute atomic E-state index is 0.0440. The number of hydroxylamine groups is 1. The zero-order valence-electron chi connectivity index (χ0n) is 17.8. The molecular weight excluding hydrogens is 432 g/mol. The highest BCUT2D eigenvalue weighted by atomic mass is 32.2. The summed E-state index contributed by atoms with van der Waals surface area (Å²) >= 11 is 0. The van der Waals surface area contributed by atoms with Gasteiger partial charge >= 0.3 is 0 Å². The van der Waals surface area contributed by atoms with Gasteiger partial charge in [-0.05, 0) is 37.3 Å². The molecule has 0 bridgehead atoms. The van der Waals surface area contributed by atoms with Gasteiger partial charge in [0.05, 0.1) is 6.61 Å². The molecule has 0 saturated heterocycles. The molecule has 2 aromatic rings. The van der Waals surface area contributed by atoms with Crippen molar-refractivity contribution in [1.82, 2.24) is 10.5 Å². The molecule has 3 rings (SSSR count). The van der Waals surface area contributed by atoms with Crippen molar-refractivity contribution in [3.05, 3.63) is 60.4 Å². The molecule has 0 radical (unpaired) electrons. The number of allylic oxidation sites excluding steroid dienone is 1. The van der Waals surface area contributed by atoms with Gasteiger partial charge in [0.2, 0.25) is 5.88 Å². The summed E-state index contributed by atoms with van der Waals surface area (Å²) in [5, 5.41) is 0. The van der Waals surface area contributed by atoms with Gasteiger partial charge in [-0.3, -0.25) is 28.9 Å². The van der Waals surface area contributed by atoms with Crippen LogP contribution in [0.3, 0.4) is 0 Å². The monoisotopic (exact) mass is 456 g/mol. The van der Waals surface area contributed by atoms with Gasteiger partial charge in [-0.15, -0.1) is 0 Å². The topological polar surface area (TPSA) is 112 Å². The van der Waals surface area contributed by atoms with Crippen molar-refractivity contribution >= 4 is 28.1 Å². The fourth-order valence-electron chi connectivity index (χ4n) is 3.38. The molecule has 1 unspecified atom stereocenters. The molecule has 1 saturated carbocycles. The third-order valence-corrected chi connectivity index (χ3v) is 5.84. The zero-order chi connectivity index (χ0) is 23.1. The Labute approximate surface area is 188 Å². The molecule has 1 aliphatic carbocycles. The van der Waals surface area contributed by atoms with E-state index in [1.54, 1.807) is 55.6 Å². The Balaban J connectivity index is 1.67. The van der Waals surface area contributed by atoms with Gasteiger partial charge in [0.15, 0.2) is 17.3 Å². The number of Topliss-reactive ketones (excluding diaryl/α,β-unsaturated/α-hetero) is 2. The molecule has 32 heavy (non-hydrogen) atoms. The highest BCUT2D eigenvalue weighted by Gasteiger charge is 2.40. The van der Waals surface area contributed by atoms with Gasteiger partial charge < -0.3 is 4.74 Å². The summed E-state index contributed by atoms with van der Waals surface area (Å²) in [6.45, 7) is 2.18. The Bertz CT molecular complexity index is 1030. The number of ketones is 3. The summed E-state index contributed by atoms with van der Waals surface area (Å²) in [7, 11) is -1.08. The first-order valence-corrected chi connectivity index (χ1v) is 11.7. The number of hydrogen-bond acceptors (Lipinski definition) is 8. The predicted molar refractivity (Wildman–Crippen MR) is 117 cm³/mol. The molecule has 9 heteroatoms. The second-order valence-corrected chi connectivity index (χ2v) is 8.57. The molecule has 0 spiro atoms. The number of benzene rings is 1. The van der Waals surface area contributed by atoms with E-state index in [1.807, 2.05) is 0 Å².